The van der Waals surface area contributed by atoms with Gasteiger partial charge in [-0.05, 0) is 30.3 Å². The molecule has 1 aliphatic heterocycles. The first-order valence-electron chi connectivity index (χ1n) is 9.54. The van der Waals surface area contributed by atoms with Crippen LogP contribution < -0.4 is 14.8 Å². The molecule has 1 aliphatic rings. The van der Waals surface area contributed by atoms with E-state index >= 15 is 0 Å². The van der Waals surface area contributed by atoms with Gasteiger partial charge in [0.05, 0.1) is 17.0 Å². The molecule has 0 radical (unpaired) electrons. The minimum atomic E-state index is -0.242. The highest BCUT2D eigenvalue weighted by Crippen LogP contribution is 2.34. The molecule has 0 spiro atoms. The standard InChI is InChI=1S/C22H24N4O3/c1-22(2,3)20-15(13-26(4)25-20)21(27)24-19-7-5-6-16(23-19)14-8-9-17-18(12-14)29-11-10-28-17/h5-9,12-13H,10-11H2,1-4H3,(H,23,24,27). The smallest absolute Gasteiger partial charge is 0.260 e. The van der Waals surface area contributed by atoms with Crippen molar-refractivity contribution in [3.8, 4) is 22.8 Å². The van der Waals surface area contributed by atoms with Crippen LogP contribution in [0.5, 0.6) is 11.5 Å². The average Bonchev–Trinajstić information content (AvgIpc) is 3.10. The van der Waals surface area contributed by atoms with Crippen LogP contribution in [-0.4, -0.2) is 33.9 Å². The van der Waals surface area contributed by atoms with Crippen molar-refractivity contribution in [2.24, 2.45) is 7.05 Å². The Hall–Kier alpha value is -3.35. The topological polar surface area (TPSA) is 78.3 Å². The molecule has 1 N–H and O–H groups in total. The Kier molecular flexibility index (Phi) is 4.74. The number of nitrogens with zero attached hydrogens (tertiary/aromatic N) is 3. The van der Waals surface area contributed by atoms with Gasteiger partial charge in [-0.1, -0.05) is 26.8 Å². The number of aryl methyl sites for hydroxylation is 1. The zero-order valence-electron chi connectivity index (χ0n) is 17.0. The summed E-state index contributed by atoms with van der Waals surface area (Å²) in [6.45, 7) is 7.19. The molecule has 0 saturated carbocycles. The van der Waals surface area contributed by atoms with Crippen molar-refractivity contribution in [2.45, 2.75) is 26.2 Å². The minimum Gasteiger partial charge on any atom is -0.486 e. The lowest BCUT2D eigenvalue weighted by molar-refractivity contribution is 0.102. The van der Waals surface area contributed by atoms with Gasteiger partial charge in [0, 0.05) is 24.2 Å². The number of ether oxygens (including phenoxy) is 2. The molecule has 29 heavy (non-hydrogen) atoms. The third kappa shape index (κ3) is 3.94. The molecule has 3 heterocycles. The SMILES string of the molecule is Cn1cc(C(=O)Nc2cccc(-c3ccc4c(c3)OCCO4)n2)c(C(C)(C)C)n1. The Morgan fingerprint density at radius 3 is 2.62 bits per heavy atom. The van der Waals surface area contributed by atoms with Crippen LogP contribution in [0.4, 0.5) is 5.82 Å². The fourth-order valence-corrected chi connectivity index (χ4v) is 3.26. The third-order valence-electron chi connectivity index (χ3n) is 4.61. The number of fused-ring (bicyclic) bond motifs is 1. The van der Waals surface area contributed by atoms with E-state index in [1.807, 2.05) is 58.2 Å². The maximum Gasteiger partial charge on any atom is 0.260 e. The lowest BCUT2D eigenvalue weighted by Gasteiger charge is -2.19. The summed E-state index contributed by atoms with van der Waals surface area (Å²) in [5.41, 5.74) is 2.69. The first-order valence-corrected chi connectivity index (χ1v) is 9.54. The van der Waals surface area contributed by atoms with Gasteiger partial charge in [-0.2, -0.15) is 5.10 Å². The van der Waals surface area contributed by atoms with Crippen LogP contribution >= 0.6 is 0 Å². The Balaban J connectivity index is 1.60. The molecular weight excluding hydrogens is 368 g/mol. The maximum absolute atomic E-state index is 12.9. The summed E-state index contributed by atoms with van der Waals surface area (Å²) < 4.78 is 12.9. The van der Waals surface area contributed by atoms with E-state index in [1.54, 1.807) is 16.9 Å². The molecule has 7 heteroatoms. The number of hydrogen-bond donors (Lipinski definition) is 1. The molecule has 1 amide bonds. The molecule has 2 aromatic heterocycles. The van der Waals surface area contributed by atoms with Crippen LogP contribution in [0.25, 0.3) is 11.3 Å². The predicted molar refractivity (Wildman–Crippen MR) is 111 cm³/mol. The van der Waals surface area contributed by atoms with Crippen LogP contribution in [0.15, 0.2) is 42.6 Å². The lowest BCUT2D eigenvalue weighted by Crippen LogP contribution is -2.20. The monoisotopic (exact) mass is 392 g/mol. The van der Waals surface area contributed by atoms with Crippen molar-refractivity contribution in [3.05, 3.63) is 53.9 Å². The first kappa shape index (κ1) is 19.0. The van der Waals surface area contributed by atoms with E-state index in [2.05, 4.69) is 15.4 Å². The summed E-state index contributed by atoms with van der Waals surface area (Å²) in [6, 6.07) is 11.2. The van der Waals surface area contributed by atoms with E-state index < -0.39 is 0 Å². The van der Waals surface area contributed by atoms with Crippen molar-refractivity contribution in [2.75, 3.05) is 18.5 Å². The number of benzene rings is 1. The molecule has 4 rings (SSSR count). The van der Waals surface area contributed by atoms with Gasteiger partial charge < -0.3 is 14.8 Å². The second-order valence-corrected chi connectivity index (χ2v) is 8.04. The van der Waals surface area contributed by atoms with Gasteiger partial charge in [0.15, 0.2) is 11.5 Å². The lowest BCUT2D eigenvalue weighted by atomic mass is 9.89. The van der Waals surface area contributed by atoms with Crippen molar-refractivity contribution in [1.29, 1.82) is 0 Å². The first-order chi connectivity index (χ1) is 13.8. The number of anilines is 1. The highest BCUT2D eigenvalue weighted by molar-refractivity contribution is 6.04. The van der Waals surface area contributed by atoms with Gasteiger partial charge in [-0.3, -0.25) is 9.48 Å². The number of aromatic nitrogens is 3. The van der Waals surface area contributed by atoms with Crippen LogP contribution in [0.2, 0.25) is 0 Å². The zero-order chi connectivity index (χ0) is 20.6. The largest absolute Gasteiger partial charge is 0.486 e. The summed E-state index contributed by atoms with van der Waals surface area (Å²) in [7, 11) is 1.81. The summed E-state index contributed by atoms with van der Waals surface area (Å²) in [6.07, 6.45) is 1.74. The fourth-order valence-electron chi connectivity index (χ4n) is 3.26. The maximum atomic E-state index is 12.9. The van der Waals surface area contributed by atoms with Gasteiger partial charge in [-0.25, -0.2) is 4.98 Å². The molecule has 150 valence electrons. The number of rotatable bonds is 3. The van der Waals surface area contributed by atoms with Crippen molar-refractivity contribution >= 4 is 11.7 Å². The van der Waals surface area contributed by atoms with Crippen molar-refractivity contribution < 1.29 is 14.3 Å². The summed E-state index contributed by atoms with van der Waals surface area (Å²) in [5, 5.41) is 7.36. The normalized spacial score (nSPS) is 13.2. The predicted octanol–water partition coefficient (Wildman–Crippen LogP) is 3.80. The molecule has 0 aliphatic carbocycles. The molecule has 7 nitrogen and oxygen atoms in total. The van der Waals surface area contributed by atoms with Gasteiger partial charge in [-0.15, -0.1) is 0 Å². The minimum absolute atomic E-state index is 0.227. The average molecular weight is 392 g/mol. The van der Waals surface area contributed by atoms with E-state index in [4.69, 9.17) is 9.47 Å². The Morgan fingerprint density at radius 1 is 1.10 bits per heavy atom. The number of carbonyl (C=O) groups is 1. The van der Waals surface area contributed by atoms with E-state index in [1.165, 1.54) is 0 Å². The summed E-state index contributed by atoms with van der Waals surface area (Å²) in [5.74, 6) is 1.69. The number of carbonyl (C=O) groups excluding carboxylic acids is 1. The van der Waals surface area contributed by atoms with E-state index in [0.717, 1.165) is 22.7 Å². The zero-order valence-corrected chi connectivity index (χ0v) is 17.0. The van der Waals surface area contributed by atoms with Crippen LogP contribution in [0, 0.1) is 0 Å². The highest BCUT2D eigenvalue weighted by atomic mass is 16.6. The van der Waals surface area contributed by atoms with E-state index in [9.17, 15) is 4.79 Å². The second kappa shape index (κ2) is 7.24. The molecular formula is C22H24N4O3. The number of hydrogen-bond acceptors (Lipinski definition) is 5. The number of pyridine rings is 1. The third-order valence-corrected chi connectivity index (χ3v) is 4.61. The molecule has 0 saturated heterocycles. The molecule has 0 atom stereocenters. The molecule has 0 fully saturated rings. The second-order valence-electron chi connectivity index (χ2n) is 8.04. The van der Waals surface area contributed by atoms with E-state index in [-0.39, 0.29) is 11.3 Å². The van der Waals surface area contributed by atoms with E-state index in [0.29, 0.717) is 30.3 Å². The van der Waals surface area contributed by atoms with Gasteiger partial charge in [0.1, 0.15) is 19.0 Å². The number of amides is 1. The number of nitrogens with one attached hydrogen (secondary N) is 1. The quantitative estimate of drug-likeness (QED) is 0.733. The molecule has 3 aromatic rings. The van der Waals surface area contributed by atoms with Gasteiger partial charge in [0.25, 0.3) is 5.91 Å². The van der Waals surface area contributed by atoms with Crippen LogP contribution in [0.3, 0.4) is 0 Å². The molecule has 1 aromatic carbocycles. The highest BCUT2D eigenvalue weighted by Gasteiger charge is 2.26. The summed E-state index contributed by atoms with van der Waals surface area (Å²) >= 11 is 0. The Morgan fingerprint density at radius 2 is 1.86 bits per heavy atom. The van der Waals surface area contributed by atoms with Gasteiger partial charge in [0.2, 0.25) is 0 Å². The molecule has 0 unspecified atom stereocenters. The Bertz CT molecular complexity index is 1070. The van der Waals surface area contributed by atoms with Crippen LogP contribution in [-0.2, 0) is 12.5 Å². The summed E-state index contributed by atoms with van der Waals surface area (Å²) in [4.78, 5) is 17.5. The fraction of sp³-hybridized carbons (Fsp3) is 0.318. The van der Waals surface area contributed by atoms with Crippen molar-refractivity contribution in [3.63, 3.8) is 0 Å². The van der Waals surface area contributed by atoms with Crippen LogP contribution in [0.1, 0.15) is 36.8 Å². The van der Waals surface area contributed by atoms with Gasteiger partial charge >= 0.3 is 0 Å². The van der Waals surface area contributed by atoms with Crippen molar-refractivity contribution in [1.82, 2.24) is 14.8 Å². The Labute approximate surface area is 169 Å². The molecule has 0 bridgehead atoms.